The van der Waals surface area contributed by atoms with Crippen LogP contribution in [-0.2, 0) is 0 Å². The van der Waals surface area contributed by atoms with E-state index in [-0.39, 0.29) is 5.56 Å². The number of fused-ring (bicyclic) bond motifs is 3. The molecule has 0 aliphatic heterocycles. The quantitative estimate of drug-likeness (QED) is 0.651. The van der Waals surface area contributed by atoms with Crippen molar-refractivity contribution in [3.05, 3.63) is 40.8 Å². The molecule has 0 atom stereocenters. The Bertz CT molecular complexity index is 725. The SMILES string of the molecule is COc1ccc2[nH]c3c(=O)[nH]ccc3c2c1. The summed E-state index contributed by atoms with van der Waals surface area (Å²) >= 11 is 0. The smallest absolute Gasteiger partial charge is 0.272 e. The van der Waals surface area contributed by atoms with Crippen molar-refractivity contribution in [3.63, 3.8) is 0 Å². The third-order valence-electron chi connectivity index (χ3n) is 2.74. The lowest BCUT2D eigenvalue weighted by Gasteiger charge is -1.98. The first-order valence-corrected chi connectivity index (χ1v) is 4.97. The highest BCUT2D eigenvalue weighted by Crippen LogP contribution is 2.26. The molecule has 4 heteroatoms. The van der Waals surface area contributed by atoms with Gasteiger partial charge in [-0.05, 0) is 24.3 Å². The second-order valence-electron chi connectivity index (χ2n) is 3.63. The Morgan fingerprint density at radius 3 is 2.88 bits per heavy atom. The summed E-state index contributed by atoms with van der Waals surface area (Å²) < 4.78 is 5.17. The number of aromatic nitrogens is 2. The van der Waals surface area contributed by atoms with Gasteiger partial charge in [-0.2, -0.15) is 0 Å². The molecule has 3 rings (SSSR count). The third-order valence-corrected chi connectivity index (χ3v) is 2.74. The van der Waals surface area contributed by atoms with E-state index in [1.165, 1.54) is 0 Å². The second-order valence-corrected chi connectivity index (χ2v) is 3.63. The van der Waals surface area contributed by atoms with Crippen LogP contribution in [0.3, 0.4) is 0 Å². The summed E-state index contributed by atoms with van der Waals surface area (Å²) in [4.78, 5) is 17.3. The normalized spacial score (nSPS) is 11.1. The van der Waals surface area contributed by atoms with Gasteiger partial charge in [0.05, 0.1) is 7.11 Å². The van der Waals surface area contributed by atoms with Gasteiger partial charge in [-0.15, -0.1) is 0 Å². The summed E-state index contributed by atoms with van der Waals surface area (Å²) in [6.07, 6.45) is 1.65. The predicted octanol–water partition coefficient (Wildman–Crippen LogP) is 2.02. The number of pyridine rings is 1. The predicted molar refractivity (Wildman–Crippen MR) is 63.0 cm³/mol. The zero-order valence-electron chi connectivity index (χ0n) is 8.70. The first kappa shape index (κ1) is 9.03. The van der Waals surface area contributed by atoms with Crippen LogP contribution < -0.4 is 10.3 Å². The molecule has 0 spiro atoms. The van der Waals surface area contributed by atoms with Gasteiger partial charge in [0, 0.05) is 22.5 Å². The largest absolute Gasteiger partial charge is 0.497 e. The van der Waals surface area contributed by atoms with E-state index < -0.39 is 0 Å². The van der Waals surface area contributed by atoms with Crippen LogP contribution >= 0.6 is 0 Å². The Morgan fingerprint density at radius 2 is 2.06 bits per heavy atom. The summed E-state index contributed by atoms with van der Waals surface area (Å²) in [6, 6.07) is 7.59. The van der Waals surface area contributed by atoms with Gasteiger partial charge in [0.15, 0.2) is 0 Å². The molecule has 0 unspecified atom stereocenters. The summed E-state index contributed by atoms with van der Waals surface area (Å²) in [5.74, 6) is 0.786. The highest BCUT2D eigenvalue weighted by molar-refractivity contribution is 6.07. The lowest BCUT2D eigenvalue weighted by Crippen LogP contribution is -2.03. The van der Waals surface area contributed by atoms with Gasteiger partial charge in [0.25, 0.3) is 5.56 Å². The highest BCUT2D eigenvalue weighted by atomic mass is 16.5. The molecule has 1 aromatic carbocycles. The van der Waals surface area contributed by atoms with Crippen molar-refractivity contribution in [2.24, 2.45) is 0 Å². The van der Waals surface area contributed by atoms with Crippen LogP contribution in [0.15, 0.2) is 35.3 Å². The number of rotatable bonds is 1. The average molecular weight is 214 g/mol. The number of nitrogens with one attached hydrogen (secondary N) is 2. The molecule has 0 aliphatic rings. The molecule has 0 radical (unpaired) electrons. The van der Waals surface area contributed by atoms with E-state index in [0.29, 0.717) is 5.52 Å². The van der Waals surface area contributed by atoms with E-state index in [1.54, 1.807) is 13.3 Å². The van der Waals surface area contributed by atoms with Crippen LogP contribution in [0, 0.1) is 0 Å². The number of aromatic amines is 2. The fourth-order valence-electron chi connectivity index (χ4n) is 1.94. The Hall–Kier alpha value is -2.23. The molecule has 16 heavy (non-hydrogen) atoms. The van der Waals surface area contributed by atoms with Gasteiger partial charge in [-0.3, -0.25) is 4.79 Å². The summed E-state index contributed by atoms with van der Waals surface area (Å²) in [5.41, 5.74) is 1.44. The van der Waals surface area contributed by atoms with E-state index in [4.69, 9.17) is 4.74 Å². The molecule has 0 saturated carbocycles. The minimum Gasteiger partial charge on any atom is -0.497 e. The molecule has 3 aromatic rings. The maximum atomic E-state index is 11.6. The molecular weight excluding hydrogens is 204 g/mol. The molecule has 0 fully saturated rings. The average Bonchev–Trinajstić information content (AvgIpc) is 2.68. The van der Waals surface area contributed by atoms with Crippen LogP contribution in [0.2, 0.25) is 0 Å². The van der Waals surface area contributed by atoms with Crippen LogP contribution in [0.25, 0.3) is 21.8 Å². The molecule has 2 aromatic heterocycles. The second kappa shape index (κ2) is 3.13. The van der Waals surface area contributed by atoms with Crippen molar-refractivity contribution in [1.82, 2.24) is 9.97 Å². The van der Waals surface area contributed by atoms with Gasteiger partial charge in [-0.1, -0.05) is 0 Å². The number of benzene rings is 1. The van der Waals surface area contributed by atoms with Crippen molar-refractivity contribution in [2.45, 2.75) is 0 Å². The first-order chi connectivity index (χ1) is 7.79. The van der Waals surface area contributed by atoms with Crippen molar-refractivity contribution < 1.29 is 4.74 Å². The fraction of sp³-hybridized carbons (Fsp3) is 0.0833. The van der Waals surface area contributed by atoms with E-state index >= 15 is 0 Å². The van der Waals surface area contributed by atoms with Crippen molar-refractivity contribution >= 4 is 21.8 Å². The fourth-order valence-corrected chi connectivity index (χ4v) is 1.94. The molecule has 0 amide bonds. The number of hydrogen-bond acceptors (Lipinski definition) is 2. The minimum atomic E-state index is -0.104. The lowest BCUT2D eigenvalue weighted by molar-refractivity contribution is 0.415. The van der Waals surface area contributed by atoms with Crippen LogP contribution in [0.5, 0.6) is 5.75 Å². The molecule has 4 nitrogen and oxygen atoms in total. The van der Waals surface area contributed by atoms with E-state index in [1.807, 2.05) is 24.3 Å². The maximum absolute atomic E-state index is 11.6. The highest BCUT2D eigenvalue weighted by Gasteiger charge is 2.07. The molecule has 0 bridgehead atoms. The zero-order chi connectivity index (χ0) is 11.1. The number of hydrogen-bond donors (Lipinski definition) is 2. The number of H-pyrrole nitrogens is 2. The summed E-state index contributed by atoms with van der Waals surface area (Å²) in [5, 5.41) is 1.91. The number of ether oxygens (including phenoxy) is 1. The van der Waals surface area contributed by atoms with Crippen molar-refractivity contribution in [1.29, 1.82) is 0 Å². The van der Waals surface area contributed by atoms with E-state index in [9.17, 15) is 4.79 Å². The van der Waals surface area contributed by atoms with Gasteiger partial charge in [0.1, 0.15) is 11.3 Å². The first-order valence-electron chi connectivity index (χ1n) is 4.97. The van der Waals surface area contributed by atoms with Crippen molar-refractivity contribution in [3.8, 4) is 5.75 Å². The Morgan fingerprint density at radius 1 is 1.19 bits per heavy atom. The Labute approximate surface area is 90.9 Å². The Balaban J connectivity index is 2.52. The van der Waals surface area contributed by atoms with E-state index in [2.05, 4.69) is 9.97 Å². The van der Waals surface area contributed by atoms with Gasteiger partial charge < -0.3 is 14.7 Å². The molecule has 2 heterocycles. The molecule has 0 saturated heterocycles. The topological polar surface area (TPSA) is 57.9 Å². The standard InChI is InChI=1S/C12H10N2O2/c1-16-7-2-3-10-9(6-7)8-4-5-13-12(15)11(8)14-10/h2-6,14H,1H3,(H,13,15). The minimum absolute atomic E-state index is 0.104. The van der Waals surface area contributed by atoms with Crippen molar-refractivity contribution in [2.75, 3.05) is 7.11 Å². The number of methoxy groups -OCH3 is 1. The Kier molecular flexibility index (Phi) is 1.77. The van der Waals surface area contributed by atoms with Crippen LogP contribution in [0.1, 0.15) is 0 Å². The summed E-state index contributed by atoms with van der Waals surface area (Å²) in [7, 11) is 1.63. The summed E-state index contributed by atoms with van der Waals surface area (Å²) in [6.45, 7) is 0. The van der Waals surface area contributed by atoms with Gasteiger partial charge >= 0.3 is 0 Å². The lowest BCUT2D eigenvalue weighted by atomic mass is 10.2. The van der Waals surface area contributed by atoms with Gasteiger partial charge in [0.2, 0.25) is 0 Å². The molecule has 0 aliphatic carbocycles. The monoisotopic (exact) mass is 214 g/mol. The van der Waals surface area contributed by atoms with Gasteiger partial charge in [-0.25, -0.2) is 0 Å². The molecule has 80 valence electrons. The third kappa shape index (κ3) is 1.13. The van der Waals surface area contributed by atoms with Crippen LogP contribution in [0.4, 0.5) is 0 Å². The van der Waals surface area contributed by atoms with Crippen LogP contribution in [-0.4, -0.2) is 17.1 Å². The molecule has 2 N–H and O–H groups in total. The molecular formula is C12H10N2O2. The zero-order valence-corrected chi connectivity index (χ0v) is 8.70. The van der Waals surface area contributed by atoms with E-state index in [0.717, 1.165) is 22.0 Å². The maximum Gasteiger partial charge on any atom is 0.272 e.